The fraction of sp³-hybridized carbons (Fsp3) is 0.348. The summed E-state index contributed by atoms with van der Waals surface area (Å²) in [6.07, 6.45) is 0. The van der Waals surface area contributed by atoms with Crippen molar-refractivity contribution in [3.63, 3.8) is 0 Å². The van der Waals surface area contributed by atoms with Crippen LogP contribution in [0.1, 0.15) is 29.8 Å². The number of anilines is 2. The molecule has 1 fully saturated rings. The number of rotatable bonds is 4. The third kappa shape index (κ3) is 5.08. The Labute approximate surface area is 200 Å². The first-order valence-corrected chi connectivity index (χ1v) is 10.3. The predicted octanol–water partition coefficient (Wildman–Crippen LogP) is 5.00. The minimum absolute atomic E-state index is 0. The molecular weight excluding hydrogens is 452 g/mol. The summed E-state index contributed by atoms with van der Waals surface area (Å²) in [6.45, 7) is 7.93. The van der Waals surface area contributed by atoms with Gasteiger partial charge in [0.15, 0.2) is 0 Å². The number of quaternary nitrogens is 1. The molecule has 0 bridgehead atoms. The van der Waals surface area contributed by atoms with Crippen molar-refractivity contribution < 1.29 is 4.39 Å². The maximum Gasteiger partial charge on any atom is 0.133 e. The molecule has 6 nitrogen and oxygen atoms in total. The lowest BCUT2D eigenvalue weighted by Crippen LogP contribution is -2.55. The van der Waals surface area contributed by atoms with Crippen molar-refractivity contribution in [3.8, 4) is 0 Å². The molecule has 0 radical (unpaired) electrons. The van der Waals surface area contributed by atoms with E-state index >= 15 is 0 Å². The third-order valence-electron chi connectivity index (χ3n) is 5.83. The summed E-state index contributed by atoms with van der Waals surface area (Å²) in [5, 5.41) is 20.8. The zero-order valence-corrected chi connectivity index (χ0v) is 20.1. The molecule has 0 saturated carbocycles. The van der Waals surface area contributed by atoms with E-state index in [1.54, 1.807) is 19.1 Å². The van der Waals surface area contributed by atoms with Gasteiger partial charge in [-0.25, -0.2) is 4.39 Å². The van der Waals surface area contributed by atoms with Crippen LogP contribution in [0.5, 0.6) is 0 Å². The summed E-state index contributed by atoms with van der Waals surface area (Å²) in [4.78, 5) is 4.62. The number of hydrogen-bond donors (Lipinski definition) is 3. The Balaban J connectivity index is 0.00000181. The Bertz CT molecular complexity index is 1110. The van der Waals surface area contributed by atoms with Crippen molar-refractivity contribution in [2.45, 2.75) is 26.8 Å². The van der Waals surface area contributed by atoms with Gasteiger partial charge in [-0.1, -0.05) is 0 Å². The number of fused-ring (bicyclic) bond motifs is 1. The van der Waals surface area contributed by atoms with Crippen molar-refractivity contribution in [2.24, 2.45) is 0 Å². The second-order valence-electron chi connectivity index (χ2n) is 8.21. The molecule has 1 aliphatic heterocycles. The number of nitrogens with one attached hydrogen (secondary N) is 2. The van der Waals surface area contributed by atoms with E-state index in [1.807, 2.05) is 38.1 Å². The lowest BCUT2D eigenvalue weighted by Gasteiger charge is -2.45. The van der Waals surface area contributed by atoms with Gasteiger partial charge in [0.25, 0.3) is 0 Å². The number of halogens is 3. The van der Waals surface area contributed by atoms with Crippen LogP contribution in [-0.2, 0) is 0 Å². The van der Waals surface area contributed by atoms with Crippen LogP contribution in [0.25, 0.3) is 10.9 Å². The number of pyridine rings is 1. The van der Waals surface area contributed by atoms with E-state index < -0.39 is 0 Å². The van der Waals surface area contributed by atoms with E-state index in [2.05, 4.69) is 15.6 Å². The largest absolute Gasteiger partial charge is 0.627 e. The second kappa shape index (κ2) is 10.2. The Hall–Kier alpha value is -2.16. The van der Waals surface area contributed by atoms with Crippen LogP contribution in [0.15, 0.2) is 36.4 Å². The van der Waals surface area contributed by atoms with Crippen LogP contribution < -0.4 is 21.0 Å². The molecule has 1 saturated heterocycles. The molecule has 4 N–H and O–H groups in total. The first-order chi connectivity index (χ1) is 14.3. The molecule has 3 aromatic rings. The molecule has 2 heterocycles. The van der Waals surface area contributed by atoms with Crippen molar-refractivity contribution in [2.75, 3.05) is 37.2 Å². The smallest absolute Gasteiger partial charge is 0.133 e. The molecule has 0 amide bonds. The minimum atomic E-state index is -0.352. The predicted molar refractivity (Wildman–Crippen MR) is 136 cm³/mol. The van der Waals surface area contributed by atoms with E-state index in [9.17, 15) is 9.60 Å². The monoisotopic (exact) mass is 481 g/mol. The number of nitrogens with zero attached hydrogens (tertiary/aromatic N) is 2. The summed E-state index contributed by atoms with van der Waals surface area (Å²) in [5.74, 6) is -0.259. The van der Waals surface area contributed by atoms with Gasteiger partial charge >= 0.3 is 0 Å². The molecule has 1 aliphatic rings. The van der Waals surface area contributed by atoms with Crippen LogP contribution in [0, 0.1) is 24.9 Å². The molecule has 1 aromatic heterocycles. The van der Waals surface area contributed by atoms with E-state index in [-0.39, 0.29) is 41.3 Å². The lowest BCUT2D eigenvalue weighted by atomic mass is 10.0. The van der Waals surface area contributed by atoms with Gasteiger partial charge in [-0.05, 0) is 50.6 Å². The quantitative estimate of drug-likeness (QED) is 0.277. The summed E-state index contributed by atoms with van der Waals surface area (Å²) in [5.41, 5.74) is 10.7. The Morgan fingerprint density at radius 1 is 1.12 bits per heavy atom. The third-order valence-corrected chi connectivity index (χ3v) is 5.83. The molecule has 4 rings (SSSR count). The van der Waals surface area contributed by atoms with Crippen LogP contribution in [0.2, 0.25) is 0 Å². The standard InChI is InChI=1S/C23H28FN5O.2ClH/c1-14-10-17(25)12-19(23(14)24)16(3)28-22-11-15(2)27-21-5-4-18(13-20(21)22)29(30)8-6-26-7-9-29;;/h4-5,10-13,16,26H,6-9,25H2,1-3H3,(H,27,28);2*1H. The molecule has 0 aliphatic carbocycles. The number of benzene rings is 2. The first kappa shape index (κ1) is 26.1. The summed E-state index contributed by atoms with van der Waals surface area (Å²) in [6, 6.07) is 10.6. The molecule has 1 unspecified atom stereocenters. The number of hydrogen-bond acceptors (Lipinski definition) is 5. The van der Waals surface area contributed by atoms with Gasteiger partial charge in [-0.2, -0.15) is 0 Å². The van der Waals surface area contributed by atoms with E-state index in [1.165, 1.54) is 0 Å². The first-order valence-electron chi connectivity index (χ1n) is 10.3. The average molecular weight is 482 g/mol. The van der Waals surface area contributed by atoms with Crippen molar-refractivity contribution in [1.29, 1.82) is 0 Å². The molecule has 174 valence electrons. The van der Waals surface area contributed by atoms with E-state index in [0.29, 0.717) is 43.0 Å². The number of aromatic nitrogens is 1. The lowest BCUT2D eigenvalue weighted by molar-refractivity contribution is 0.321. The highest BCUT2D eigenvalue weighted by Gasteiger charge is 2.24. The van der Waals surface area contributed by atoms with E-state index in [0.717, 1.165) is 28.0 Å². The van der Waals surface area contributed by atoms with Crippen LogP contribution >= 0.6 is 24.8 Å². The number of piperazine rings is 1. The second-order valence-corrected chi connectivity index (χ2v) is 8.21. The fourth-order valence-electron chi connectivity index (χ4n) is 4.19. The highest BCUT2D eigenvalue weighted by Crippen LogP contribution is 2.33. The van der Waals surface area contributed by atoms with E-state index in [4.69, 9.17) is 5.73 Å². The molecule has 1 atom stereocenters. The number of hydroxylamine groups is 2. The maximum atomic E-state index is 14.7. The van der Waals surface area contributed by atoms with Gasteiger partial charge in [0.05, 0.1) is 24.6 Å². The van der Waals surface area contributed by atoms with Gasteiger partial charge in [0.2, 0.25) is 0 Å². The summed E-state index contributed by atoms with van der Waals surface area (Å²) in [7, 11) is 0. The molecule has 9 heteroatoms. The topological polar surface area (TPSA) is 86.0 Å². The van der Waals surface area contributed by atoms with Gasteiger partial charge in [0.1, 0.15) is 11.5 Å². The van der Waals surface area contributed by atoms with Gasteiger partial charge in [-0.15, -0.1) is 24.8 Å². The number of nitrogens with two attached hydrogens (primary N) is 1. The Morgan fingerprint density at radius 2 is 1.81 bits per heavy atom. The SMILES string of the molecule is Cc1cc(NC(C)c2cc(N)cc(C)c2F)c2cc([N+]3([O-])CCNCC3)ccc2n1.Cl.Cl. The van der Waals surface area contributed by atoms with Crippen LogP contribution in [0.4, 0.5) is 21.5 Å². The van der Waals surface area contributed by atoms with Crippen LogP contribution in [0.3, 0.4) is 0 Å². The van der Waals surface area contributed by atoms with Crippen LogP contribution in [-0.4, -0.2) is 31.2 Å². The summed E-state index contributed by atoms with van der Waals surface area (Å²) >= 11 is 0. The Kier molecular flexibility index (Phi) is 8.31. The number of aryl methyl sites for hydroxylation is 2. The maximum absolute atomic E-state index is 14.7. The average Bonchev–Trinajstić information content (AvgIpc) is 2.70. The normalized spacial score (nSPS) is 16.0. The molecule has 32 heavy (non-hydrogen) atoms. The Morgan fingerprint density at radius 3 is 2.50 bits per heavy atom. The van der Waals surface area contributed by atoms with Crippen molar-refractivity contribution in [3.05, 3.63) is 64.2 Å². The fourth-order valence-corrected chi connectivity index (χ4v) is 4.19. The minimum Gasteiger partial charge on any atom is -0.627 e. The highest BCUT2D eigenvalue weighted by atomic mass is 35.5. The molecule has 0 spiro atoms. The zero-order valence-electron chi connectivity index (χ0n) is 18.4. The van der Waals surface area contributed by atoms with Gasteiger partial charge < -0.3 is 26.2 Å². The zero-order chi connectivity index (χ0) is 21.5. The van der Waals surface area contributed by atoms with Crippen molar-refractivity contribution >= 4 is 52.8 Å². The molecular formula is C23H30Cl2FN5O. The summed E-state index contributed by atoms with van der Waals surface area (Å²) < 4.78 is 14.4. The molecule has 2 aromatic carbocycles. The highest BCUT2D eigenvalue weighted by molar-refractivity contribution is 5.94. The van der Waals surface area contributed by atoms with Gasteiger partial charge in [-0.3, -0.25) is 4.98 Å². The number of nitrogen functional groups attached to an aromatic ring is 1. The van der Waals surface area contributed by atoms with Gasteiger partial charge in [0, 0.05) is 53.2 Å². The van der Waals surface area contributed by atoms with Crippen molar-refractivity contribution in [1.82, 2.24) is 14.9 Å².